The zero-order valence-corrected chi connectivity index (χ0v) is 14.8. The molecule has 2 aromatic carbocycles. The van der Waals surface area contributed by atoms with Gasteiger partial charge in [-0.25, -0.2) is 4.79 Å². The number of nitrogens with one attached hydrogen (secondary N) is 2. The summed E-state index contributed by atoms with van der Waals surface area (Å²) in [6.07, 6.45) is 1.99. The lowest BCUT2D eigenvalue weighted by Gasteiger charge is -2.29. The Kier molecular flexibility index (Phi) is 5.56. The van der Waals surface area contributed by atoms with E-state index in [1.165, 1.54) is 5.56 Å². The number of nitrogens with zero attached hydrogens (tertiary/aromatic N) is 1. The van der Waals surface area contributed by atoms with E-state index in [4.69, 9.17) is 4.74 Å². The highest BCUT2D eigenvalue weighted by molar-refractivity contribution is 5.89. The Morgan fingerprint density at radius 3 is 2.16 bits per heavy atom. The number of likely N-dealkylation sites (tertiary alicyclic amines) is 1. The number of anilines is 1. The molecule has 0 atom stereocenters. The van der Waals surface area contributed by atoms with Gasteiger partial charge in [-0.1, -0.05) is 17.7 Å². The van der Waals surface area contributed by atoms with E-state index in [0.717, 1.165) is 43.1 Å². The molecule has 0 aromatic heterocycles. The van der Waals surface area contributed by atoms with E-state index in [1.807, 2.05) is 55.5 Å². The molecule has 0 saturated carbocycles. The fourth-order valence-electron chi connectivity index (χ4n) is 2.85. The van der Waals surface area contributed by atoms with Gasteiger partial charge in [0.25, 0.3) is 0 Å². The third-order valence-electron chi connectivity index (χ3n) is 4.42. The zero-order valence-electron chi connectivity index (χ0n) is 14.8. The molecule has 0 aliphatic carbocycles. The van der Waals surface area contributed by atoms with Gasteiger partial charge in [0.2, 0.25) is 0 Å². The molecule has 1 fully saturated rings. The lowest BCUT2D eigenvalue weighted by molar-refractivity contribution is 0.221. The van der Waals surface area contributed by atoms with Crippen molar-refractivity contribution >= 4 is 11.7 Å². The summed E-state index contributed by atoms with van der Waals surface area (Å²) in [6, 6.07) is 15.4. The van der Waals surface area contributed by atoms with Crippen LogP contribution in [0.2, 0.25) is 0 Å². The maximum Gasteiger partial charge on any atom is 0.319 e. The molecule has 2 N–H and O–H groups in total. The summed E-state index contributed by atoms with van der Waals surface area (Å²) >= 11 is 0. The largest absolute Gasteiger partial charge is 0.457 e. The zero-order chi connectivity index (χ0) is 17.6. The molecule has 0 radical (unpaired) electrons. The number of hydrogen-bond donors (Lipinski definition) is 2. The van der Waals surface area contributed by atoms with Crippen LogP contribution in [0.5, 0.6) is 11.5 Å². The number of ether oxygens (including phenoxy) is 1. The molecule has 3 rings (SSSR count). The molecule has 1 heterocycles. The number of urea groups is 1. The van der Waals surface area contributed by atoms with E-state index in [-0.39, 0.29) is 12.1 Å². The number of rotatable bonds is 4. The molecule has 1 saturated heterocycles. The van der Waals surface area contributed by atoms with Gasteiger partial charge in [0.05, 0.1) is 0 Å². The molecule has 132 valence electrons. The number of carbonyl (C=O) groups is 1. The van der Waals surface area contributed by atoms with Crippen molar-refractivity contribution in [3.05, 3.63) is 54.1 Å². The van der Waals surface area contributed by atoms with E-state index in [0.29, 0.717) is 0 Å². The van der Waals surface area contributed by atoms with Crippen LogP contribution in [-0.4, -0.2) is 37.1 Å². The minimum absolute atomic E-state index is 0.151. The molecule has 5 nitrogen and oxygen atoms in total. The van der Waals surface area contributed by atoms with E-state index >= 15 is 0 Å². The standard InChI is InChI=1S/C20H25N3O2/c1-15-3-7-18(8-4-15)25-19-9-5-16(6-10-19)21-20(24)22-17-11-13-23(2)14-12-17/h3-10,17H,11-14H2,1-2H3,(H2,21,22,24). The monoisotopic (exact) mass is 339 g/mol. The Morgan fingerprint density at radius 2 is 1.56 bits per heavy atom. The second-order valence-corrected chi connectivity index (χ2v) is 6.62. The third-order valence-corrected chi connectivity index (χ3v) is 4.42. The highest BCUT2D eigenvalue weighted by Crippen LogP contribution is 2.23. The fourth-order valence-corrected chi connectivity index (χ4v) is 2.85. The number of amides is 2. The van der Waals surface area contributed by atoms with Crippen molar-refractivity contribution in [3.8, 4) is 11.5 Å². The summed E-state index contributed by atoms with van der Waals surface area (Å²) in [6.45, 7) is 4.09. The molecule has 0 unspecified atom stereocenters. The van der Waals surface area contributed by atoms with Gasteiger partial charge in [-0.3, -0.25) is 0 Å². The van der Waals surface area contributed by atoms with Gasteiger partial charge < -0.3 is 20.3 Å². The molecule has 2 amide bonds. The molecule has 1 aliphatic rings. The van der Waals surface area contributed by atoms with E-state index in [1.54, 1.807) is 0 Å². The summed E-state index contributed by atoms with van der Waals surface area (Å²) < 4.78 is 5.79. The fraction of sp³-hybridized carbons (Fsp3) is 0.350. The minimum atomic E-state index is -0.151. The summed E-state index contributed by atoms with van der Waals surface area (Å²) in [5, 5.41) is 5.92. The summed E-state index contributed by atoms with van der Waals surface area (Å²) in [4.78, 5) is 14.4. The van der Waals surface area contributed by atoms with Crippen LogP contribution in [0, 0.1) is 6.92 Å². The smallest absolute Gasteiger partial charge is 0.319 e. The molecule has 5 heteroatoms. The van der Waals surface area contributed by atoms with Gasteiger partial charge in [-0.2, -0.15) is 0 Å². The van der Waals surface area contributed by atoms with Gasteiger partial charge in [0, 0.05) is 11.7 Å². The van der Waals surface area contributed by atoms with Crippen molar-refractivity contribution in [2.45, 2.75) is 25.8 Å². The van der Waals surface area contributed by atoms with Crippen molar-refractivity contribution in [1.82, 2.24) is 10.2 Å². The van der Waals surface area contributed by atoms with Gasteiger partial charge in [-0.15, -0.1) is 0 Å². The van der Waals surface area contributed by atoms with E-state index in [2.05, 4.69) is 22.6 Å². The quantitative estimate of drug-likeness (QED) is 0.885. The molecule has 2 aromatic rings. The van der Waals surface area contributed by atoms with Crippen LogP contribution in [0.1, 0.15) is 18.4 Å². The number of hydrogen-bond acceptors (Lipinski definition) is 3. The second-order valence-electron chi connectivity index (χ2n) is 6.62. The SMILES string of the molecule is Cc1ccc(Oc2ccc(NC(=O)NC3CCN(C)CC3)cc2)cc1. The average Bonchev–Trinajstić information content (AvgIpc) is 2.61. The van der Waals surface area contributed by atoms with Crippen LogP contribution >= 0.6 is 0 Å². The van der Waals surface area contributed by atoms with E-state index < -0.39 is 0 Å². The van der Waals surface area contributed by atoms with E-state index in [9.17, 15) is 4.79 Å². The predicted octanol–water partition coefficient (Wildman–Crippen LogP) is 4.00. The Balaban J connectivity index is 1.50. The first kappa shape index (κ1) is 17.3. The molecular weight excluding hydrogens is 314 g/mol. The minimum Gasteiger partial charge on any atom is -0.457 e. The van der Waals surface area contributed by atoms with Crippen molar-refractivity contribution in [2.24, 2.45) is 0 Å². The van der Waals surface area contributed by atoms with Gasteiger partial charge in [0.1, 0.15) is 11.5 Å². The Labute approximate surface area is 149 Å². The lowest BCUT2D eigenvalue weighted by Crippen LogP contribution is -2.44. The van der Waals surface area contributed by atoms with Crippen molar-refractivity contribution in [2.75, 3.05) is 25.5 Å². The maximum absolute atomic E-state index is 12.1. The second kappa shape index (κ2) is 8.03. The normalized spacial score (nSPS) is 15.6. The van der Waals surface area contributed by atoms with Crippen molar-refractivity contribution in [3.63, 3.8) is 0 Å². The Morgan fingerprint density at radius 1 is 1.00 bits per heavy atom. The van der Waals surface area contributed by atoms with Crippen LogP contribution in [-0.2, 0) is 0 Å². The Hall–Kier alpha value is -2.53. The highest BCUT2D eigenvalue weighted by Gasteiger charge is 2.18. The summed E-state index contributed by atoms with van der Waals surface area (Å²) in [5.74, 6) is 1.54. The van der Waals surface area contributed by atoms with Crippen LogP contribution in [0.4, 0.5) is 10.5 Å². The highest BCUT2D eigenvalue weighted by atomic mass is 16.5. The number of piperidine rings is 1. The number of benzene rings is 2. The molecule has 1 aliphatic heterocycles. The Bertz CT molecular complexity index is 690. The van der Waals surface area contributed by atoms with Crippen molar-refractivity contribution in [1.29, 1.82) is 0 Å². The van der Waals surface area contributed by atoms with Crippen LogP contribution in [0.25, 0.3) is 0 Å². The average molecular weight is 339 g/mol. The van der Waals surface area contributed by atoms with Crippen molar-refractivity contribution < 1.29 is 9.53 Å². The topological polar surface area (TPSA) is 53.6 Å². The first-order chi connectivity index (χ1) is 12.1. The third kappa shape index (κ3) is 5.22. The van der Waals surface area contributed by atoms with Crippen LogP contribution in [0.15, 0.2) is 48.5 Å². The predicted molar refractivity (Wildman–Crippen MR) is 100 cm³/mol. The molecule has 0 bridgehead atoms. The lowest BCUT2D eigenvalue weighted by atomic mass is 10.1. The number of aryl methyl sites for hydroxylation is 1. The van der Waals surface area contributed by atoms with Crippen LogP contribution in [0.3, 0.4) is 0 Å². The van der Waals surface area contributed by atoms with Gasteiger partial charge in [-0.05, 0) is 76.3 Å². The first-order valence-corrected chi connectivity index (χ1v) is 8.69. The van der Waals surface area contributed by atoms with Crippen LogP contribution < -0.4 is 15.4 Å². The summed E-state index contributed by atoms with van der Waals surface area (Å²) in [5.41, 5.74) is 1.95. The number of carbonyl (C=O) groups excluding carboxylic acids is 1. The van der Waals surface area contributed by atoms with Gasteiger partial charge in [0.15, 0.2) is 0 Å². The molecule has 0 spiro atoms. The summed E-state index contributed by atoms with van der Waals surface area (Å²) in [7, 11) is 2.11. The first-order valence-electron chi connectivity index (χ1n) is 8.69. The molecule has 25 heavy (non-hydrogen) atoms. The molecular formula is C20H25N3O2. The maximum atomic E-state index is 12.1. The van der Waals surface area contributed by atoms with Gasteiger partial charge >= 0.3 is 6.03 Å².